The zero-order valence-electron chi connectivity index (χ0n) is 14.5. The second-order valence-electron chi connectivity index (χ2n) is 6.73. The van der Waals surface area contributed by atoms with Crippen LogP contribution in [0.3, 0.4) is 0 Å². The van der Waals surface area contributed by atoms with E-state index in [2.05, 4.69) is 33.9 Å². The van der Waals surface area contributed by atoms with Crippen molar-refractivity contribution >= 4 is 23.6 Å². The lowest BCUT2D eigenvalue weighted by Gasteiger charge is -2.30. The number of hydrogen-bond donors (Lipinski definition) is 0. The molecule has 8 heteroatoms. The predicted molar refractivity (Wildman–Crippen MR) is 100 cm³/mol. The number of morpholine rings is 1. The minimum absolute atomic E-state index is 0.242. The van der Waals surface area contributed by atoms with Gasteiger partial charge in [-0.1, -0.05) is 6.07 Å². The summed E-state index contributed by atoms with van der Waals surface area (Å²) in [6.45, 7) is 7.05. The summed E-state index contributed by atoms with van der Waals surface area (Å²) >= 11 is 7.47. The second kappa shape index (κ2) is 7.67. The molecule has 0 amide bonds. The van der Waals surface area contributed by atoms with E-state index in [1.165, 1.54) is 0 Å². The summed E-state index contributed by atoms with van der Waals surface area (Å²) in [6, 6.07) is 4.16. The normalized spacial score (nSPS) is 24.8. The Kier molecular flexibility index (Phi) is 5.33. The van der Waals surface area contributed by atoms with Crippen LogP contribution in [0.1, 0.15) is 19.8 Å². The molecule has 2 aliphatic rings. The minimum Gasteiger partial charge on any atom is -0.376 e. The van der Waals surface area contributed by atoms with Crippen LogP contribution in [0.5, 0.6) is 0 Å². The van der Waals surface area contributed by atoms with Crippen molar-refractivity contribution in [3.8, 4) is 10.7 Å². The molecule has 2 atom stereocenters. The van der Waals surface area contributed by atoms with Crippen LogP contribution < -0.4 is 0 Å². The van der Waals surface area contributed by atoms with Gasteiger partial charge in [-0.3, -0.25) is 9.47 Å². The van der Waals surface area contributed by atoms with E-state index in [1.807, 2.05) is 4.68 Å². The number of aromatic nitrogens is 3. The fraction of sp³-hybridized carbons (Fsp3) is 0.647. The third-order valence-corrected chi connectivity index (χ3v) is 6.03. The molecule has 4 heterocycles. The first-order valence-corrected chi connectivity index (χ1v) is 10.2. The molecule has 0 aliphatic carbocycles. The van der Waals surface area contributed by atoms with Gasteiger partial charge < -0.3 is 9.47 Å². The van der Waals surface area contributed by atoms with E-state index in [0.717, 1.165) is 61.2 Å². The summed E-state index contributed by atoms with van der Waals surface area (Å²) in [5.74, 6) is 0.955. The first kappa shape index (κ1) is 17.4. The first-order chi connectivity index (χ1) is 12.2. The van der Waals surface area contributed by atoms with Gasteiger partial charge in [-0.2, -0.15) is 0 Å². The maximum absolute atomic E-state index is 5.83. The fourth-order valence-corrected chi connectivity index (χ4v) is 4.46. The van der Waals surface area contributed by atoms with Crippen LogP contribution in [-0.4, -0.2) is 57.8 Å². The zero-order valence-corrected chi connectivity index (χ0v) is 16.1. The lowest BCUT2D eigenvalue weighted by Crippen LogP contribution is -2.42. The summed E-state index contributed by atoms with van der Waals surface area (Å²) in [6.07, 6.45) is 2.73. The average molecular weight is 381 g/mol. The number of thiophene rings is 1. The van der Waals surface area contributed by atoms with E-state index in [-0.39, 0.29) is 12.2 Å². The minimum atomic E-state index is 0.242. The molecule has 2 saturated heterocycles. The van der Waals surface area contributed by atoms with Crippen LogP contribution in [-0.2, 0) is 22.7 Å². The van der Waals surface area contributed by atoms with E-state index in [9.17, 15) is 0 Å². The van der Waals surface area contributed by atoms with Crippen molar-refractivity contribution in [2.45, 2.75) is 45.2 Å². The van der Waals surface area contributed by atoms with Gasteiger partial charge in [0.2, 0.25) is 0 Å². The first-order valence-electron chi connectivity index (χ1n) is 8.88. The van der Waals surface area contributed by atoms with Crippen molar-refractivity contribution in [1.82, 2.24) is 19.2 Å². The summed E-state index contributed by atoms with van der Waals surface area (Å²) in [5, 5.41) is 6.94. The van der Waals surface area contributed by atoms with Gasteiger partial charge in [0, 0.05) is 19.7 Å². The summed E-state index contributed by atoms with van der Waals surface area (Å²) in [7, 11) is 0. The Bertz CT molecular complexity index is 749. The third kappa shape index (κ3) is 3.88. The van der Waals surface area contributed by atoms with E-state index in [1.54, 1.807) is 11.3 Å². The van der Waals surface area contributed by atoms with Crippen LogP contribution in [0.15, 0.2) is 17.5 Å². The van der Waals surface area contributed by atoms with Gasteiger partial charge in [-0.25, -0.2) is 4.68 Å². The molecule has 25 heavy (non-hydrogen) atoms. The van der Waals surface area contributed by atoms with Crippen molar-refractivity contribution in [2.75, 3.05) is 26.3 Å². The average Bonchev–Trinajstić information content (AvgIpc) is 3.33. The Balaban J connectivity index is 1.62. The fourth-order valence-electron chi connectivity index (χ4n) is 3.49. The van der Waals surface area contributed by atoms with Crippen molar-refractivity contribution in [3.63, 3.8) is 0 Å². The maximum Gasteiger partial charge on any atom is 0.199 e. The highest BCUT2D eigenvalue weighted by Crippen LogP contribution is 2.25. The molecule has 2 fully saturated rings. The SMILES string of the molecule is C[C@H]1CN(Cn2nc(-c3cccs3)n(C[C@H]3CCCO3)c2=S)CCO1. The van der Waals surface area contributed by atoms with Gasteiger partial charge in [-0.15, -0.1) is 16.4 Å². The van der Waals surface area contributed by atoms with Crippen LogP contribution in [0, 0.1) is 4.77 Å². The molecule has 0 radical (unpaired) electrons. The molecule has 0 bridgehead atoms. The highest BCUT2D eigenvalue weighted by atomic mass is 32.1. The van der Waals surface area contributed by atoms with Crippen LogP contribution in [0.25, 0.3) is 10.7 Å². The number of hydrogen-bond acceptors (Lipinski definition) is 6. The molecule has 136 valence electrons. The Morgan fingerprint density at radius 3 is 3.00 bits per heavy atom. The van der Waals surface area contributed by atoms with Gasteiger partial charge in [0.1, 0.15) is 0 Å². The molecule has 4 rings (SSSR count). The monoisotopic (exact) mass is 380 g/mol. The van der Waals surface area contributed by atoms with Gasteiger partial charge >= 0.3 is 0 Å². The van der Waals surface area contributed by atoms with Gasteiger partial charge in [0.05, 0.1) is 36.9 Å². The number of rotatable bonds is 5. The largest absolute Gasteiger partial charge is 0.376 e. The number of nitrogens with zero attached hydrogens (tertiary/aromatic N) is 4. The second-order valence-corrected chi connectivity index (χ2v) is 8.04. The lowest BCUT2D eigenvalue weighted by molar-refractivity contribution is -0.0307. The predicted octanol–water partition coefficient (Wildman–Crippen LogP) is 3.00. The Labute approximate surface area is 157 Å². The summed E-state index contributed by atoms with van der Waals surface area (Å²) in [5.41, 5.74) is 0. The molecule has 2 aromatic heterocycles. The van der Waals surface area contributed by atoms with Crippen molar-refractivity contribution in [2.24, 2.45) is 0 Å². The molecule has 0 aromatic carbocycles. The van der Waals surface area contributed by atoms with E-state index >= 15 is 0 Å². The van der Waals surface area contributed by atoms with Gasteiger partial charge in [-0.05, 0) is 43.4 Å². The van der Waals surface area contributed by atoms with Crippen molar-refractivity contribution in [1.29, 1.82) is 0 Å². The number of ether oxygens (including phenoxy) is 2. The summed E-state index contributed by atoms with van der Waals surface area (Å²) in [4.78, 5) is 3.50. The molecular weight excluding hydrogens is 356 g/mol. The van der Waals surface area contributed by atoms with Crippen LogP contribution in [0.4, 0.5) is 0 Å². The molecular formula is C17H24N4O2S2. The van der Waals surface area contributed by atoms with Crippen molar-refractivity contribution < 1.29 is 9.47 Å². The quantitative estimate of drug-likeness (QED) is 0.746. The molecule has 2 aromatic rings. The zero-order chi connectivity index (χ0) is 17.2. The standard InChI is InChI=1S/C17H24N4O2S2/c1-13-10-19(6-8-22-13)12-21-17(24)20(11-14-4-2-7-23-14)16(18-21)15-5-3-9-25-15/h3,5,9,13-14H,2,4,6-8,10-12H2,1H3/t13-,14+/m0/s1. The third-order valence-electron chi connectivity index (χ3n) is 4.73. The highest BCUT2D eigenvalue weighted by Gasteiger charge is 2.23. The van der Waals surface area contributed by atoms with Crippen LogP contribution in [0.2, 0.25) is 0 Å². The molecule has 2 aliphatic heterocycles. The van der Waals surface area contributed by atoms with Gasteiger partial charge in [0.15, 0.2) is 10.6 Å². The Morgan fingerprint density at radius 2 is 2.28 bits per heavy atom. The topological polar surface area (TPSA) is 44.5 Å². The molecule has 0 unspecified atom stereocenters. The molecule has 6 nitrogen and oxygen atoms in total. The molecule has 0 N–H and O–H groups in total. The van der Waals surface area contributed by atoms with Gasteiger partial charge in [0.25, 0.3) is 0 Å². The molecule has 0 spiro atoms. The Hall–Kier alpha value is -1.06. The van der Waals surface area contributed by atoms with Crippen molar-refractivity contribution in [3.05, 3.63) is 22.3 Å². The molecule has 0 saturated carbocycles. The van der Waals surface area contributed by atoms with E-state index in [0.29, 0.717) is 6.67 Å². The smallest absolute Gasteiger partial charge is 0.199 e. The lowest BCUT2D eigenvalue weighted by atomic mass is 10.2. The summed E-state index contributed by atoms with van der Waals surface area (Å²) < 4.78 is 16.4. The highest BCUT2D eigenvalue weighted by molar-refractivity contribution is 7.71. The van der Waals surface area contributed by atoms with E-state index < -0.39 is 0 Å². The van der Waals surface area contributed by atoms with Crippen LogP contribution >= 0.6 is 23.6 Å². The maximum atomic E-state index is 5.83. The van der Waals surface area contributed by atoms with E-state index in [4.69, 9.17) is 26.8 Å². The Morgan fingerprint density at radius 1 is 1.36 bits per heavy atom.